The molecule has 1 aromatic rings. The van der Waals surface area contributed by atoms with Crippen molar-refractivity contribution in [1.82, 2.24) is 4.59 Å². The third-order valence-corrected chi connectivity index (χ3v) is 3.74. The fourth-order valence-corrected chi connectivity index (χ4v) is 2.18. The quantitative estimate of drug-likeness (QED) is 0.362. The molecule has 0 amide bonds. The Balaban J connectivity index is 2.22. The summed E-state index contributed by atoms with van der Waals surface area (Å²) in [4.78, 5) is 23.4. The predicted octanol–water partition coefficient (Wildman–Crippen LogP) is 3.18. The molecule has 0 radical (unpaired) electrons. The molecule has 2 rings (SSSR count). The lowest BCUT2D eigenvalue weighted by Crippen LogP contribution is -2.43. The molecule has 0 saturated carbocycles. The predicted molar refractivity (Wildman–Crippen MR) is 79.4 cm³/mol. The normalized spacial score (nSPS) is 19.7. The first kappa shape index (κ1) is 15.3. The van der Waals surface area contributed by atoms with Gasteiger partial charge in [0.25, 0.3) is 0 Å². The van der Waals surface area contributed by atoms with Crippen LogP contribution in [0.2, 0.25) is 0 Å². The maximum absolute atomic E-state index is 12.0. The molecule has 1 atom stereocenters. The van der Waals surface area contributed by atoms with Crippen molar-refractivity contribution in [3.05, 3.63) is 23.8 Å². The van der Waals surface area contributed by atoms with Gasteiger partial charge in [0.05, 0.1) is 6.61 Å². The van der Waals surface area contributed by atoms with E-state index in [1.165, 1.54) is 0 Å². The van der Waals surface area contributed by atoms with Crippen LogP contribution in [-0.2, 0) is 9.53 Å². The van der Waals surface area contributed by atoms with Gasteiger partial charge in [0.2, 0.25) is 0 Å². The molecular weight excluding hydrogens is 270 g/mol. The van der Waals surface area contributed by atoms with Crippen molar-refractivity contribution in [2.75, 3.05) is 13.7 Å². The maximum Gasteiger partial charge on any atom is 0.313 e. The second-order valence-electron chi connectivity index (χ2n) is 5.42. The summed E-state index contributed by atoms with van der Waals surface area (Å²) in [5, 5.41) is 8.45. The summed E-state index contributed by atoms with van der Waals surface area (Å²) in [6.45, 7) is 6.11. The molecule has 0 spiro atoms. The number of esters is 1. The van der Waals surface area contributed by atoms with Crippen molar-refractivity contribution < 1.29 is 14.3 Å². The molecule has 21 heavy (non-hydrogen) atoms. The summed E-state index contributed by atoms with van der Waals surface area (Å²) in [5.41, 5.74) is 2.09. The third-order valence-electron chi connectivity index (χ3n) is 3.74. The number of hydrogen-bond donors (Lipinski definition) is 0. The molecule has 1 unspecified atom stereocenters. The Morgan fingerprint density at radius 2 is 2.05 bits per heavy atom. The minimum absolute atomic E-state index is 0.246. The van der Waals surface area contributed by atoms with Crippen LogP contribution in [-0.4, -0.2) is 31.4 Å². The second kappa shape index (κ2) is 5.73. The summed E-state index contributed by atoms with van der Waals surface area (Å²) in [5.74, 6) is -0.774. The highest BCUT2D eigenvalue weighted by Gasteiger charge is 2.37. The SMILES string of the molecule is CCOC(=O)CC(=O)c1ccc2c(c1)N=N[N+]2(C)C(C)C. The summed E-state index contributed by atoms with van der Waals surface area (Å²) in [6.07, 6.45) is -0.250. The fourth-order valence-electron chi connectivity index (χ4n) is 2.18. The van der Waals surface area contributed by atoms with Crippen molar-refractivity contribution in [2.24, 2.45) is 10.3 Å². The molecule has 0 aliphatic carbocycles. The van der Waals surface area contributed by atoms with Crippen LogP contribution in [0.15, 0.2) is 28.5 Å². The van der Waals surface area contributed by atoms with E-state index < -0.39 is 5.97 Å². The van der Waals surface area contributed by atoms with Crippen molar-refractivity contribution >= 4 is 23.1 Å². The molecule has 1 aliphatic heterocycles. The molecular formula is C15H20N3O3+. The van der Waals surface area contributed by atoms with E-state index in [2.05, 4.69) is 24.2 Å². The number of carbonyl (C=O) groups is 2. The highest BCUT2D eigenvalue weighted by atomic mass is 16.5. The van der Waals surface area contributed by atoms with Gasteiger partial charge < -0.3 is 4.74 Å². The minimum Gasteiger partial charge on any atom is -0.466 e. The Kier molecular flexibility index (Phi) is 4.18. The number of benzene rings is 1. The van der Waals surface area contributed by atoms with Crippen LogP contribution in [0.4, 0.5) is 11.4 Å². The summed E-state index contributed by atoms with van der Waals surface area (Å²) in [6, 6.07) is 5.51. The first-order chi connectivity index (χ1) is 9.88. The Morgan fingerprint density at radius 1 is 1.33 bits per heavy atom. The summed E-state index contributed by atoms with van der Waals surface area (Å²) >= 11 is 0. The van der Waals surface area contributed by atoms with Gasteiger partial charge in [-0.15, -0.1) is 4.59 Å². The van der Waals surface area contributed by atoms with Crippen LogP contribution in [0.1, 0.15) is 37.6 Å². The molecule has 1 aromatic carbocycles. The number of Topliss-reactive ketones (excluding diaryl/α,β-unsaturated/α-hetero) is 1. The van der Waals surface area contributed by atoms with Crippen molar-refractivity contribution in [3.8, 4) is 0 Å². The van der Waals surface area contributed by atoms with Crippen LogP contribution in [0, 0.1) is 0 Å². The van der Waals surface area contributed by atoms with Gasteiger partial charge in [0.1, 0.15) is 19.5 Å². The molecule has 112 valence electrons. The first-order valence-electron chi connectivity index (χ1n) is 7.01. The van der Waals surface area contributed by atoms with E-state index in [0.717, 1.165) is 5.69 Å². The molecule has 1 heterocycles. The van der Waals surface area contributed by atoms with E-state index in [1.54, 1.807) is 19.1 Å². The van der Waals surface area contributed by atoms with Gasteiger partial charge in [-0.1, -0.05) is 5.11 Å². The smallest absolute Gasteiger partial charge is 0.313 e. The molecule has 0 bridgehead atoms. The minimum atomic E-state index is -0.507. The van der Waals surface area contributed by atoms with Gasteiger partial charge in [-0.05, 0) is 32.9 Å². The monoisotopic (exact) mass is 290 g/mol. The lowest BCUT2D eigenvalue weighted by molar-refractivity contribution is -0.141. The van der Waals surface area contributed by atoms with Crippen LogP contribution in [0.3, 0.4) is 0 Å². The zero-order valence-electron chi connectivity index (χ0n) is 12.8. The highest BCUT2D eigenvalue weighted by Crippen LogP contribution is 2.41. The topological polar surface area (TPSA) is 68.1 Å². The van der Waals surface area contributed by atoms with E-state index in [9.17, 15) is 9.59 Å². The number of ether oxygens (including phenoxy) is 1. The summed E-state index contributed by atoms with van der Waals surface area (Å²) < 4.78 is 5.15. The summed E-state index contributed by atoms with van der Waals surface area (Å²) in [7, 11) is 1.97. The highest BCUT2D eigenvalue weighted by molar-refractivity contribution is 6.06. The lowest BCUT2D eigenvalue weighted by Gasteiger charge is -2.26. The molecule has 6 heteroatoms. The van der Waals surface area contributed by atoms with Gasteiger partial charge in [-0.25, -0.2) is 0 Å². The van der Waals surface area contributed by atoms with Gasteiger partial charge in [-0.2, -0.15) is 0 Å². The van der Waals surface area contributed by atoms with Crippen LogP contribution in [0.25, 0.3) is 0 Å². The van der Waals surface area contributed by atoms with Crippen LogP contribution in [0.5, 0.6) is 0 Å². The van der Waals surface area contributed by atoms with E-state index >= 15 is 0 Å². The standard InChI is InChI=1S/C15H20N3O3/c1-5-21-15(20)9-14(19)11-6-7-13-12(8-11)16-17-18(13,4)10(2)3/h6-8,10H,5,9H2,1-4H3/q+1. The third kappa shape index (κ3) is 2.85. The number of carbonyl (C=O) groups excluding carboxylic acids is 2. The second-order valence-corrected chi connectivity index (χ2v) is 5.42. The largest absolute Gasteiger partial charge is 0.466 e. The Hall–Kier alpha value is -2.08. The molecule has 1 aliphatic rings. The van der Waals surface area contributed by atoms with Crippen molar-refractivity contribution in [3.63, 3.8) is 0 Å². The zero-order valence-corrected chi connectivity index (χ0v) is 12.8. The number of ketones is 1. The van der Waals surface area contributed by atoms with Gasteiger partial charge in [0, 0.05) is 16.9 Å². The average Bonchev–Trinajstić information content (AvgIpc) is 2.77. The number of hydrogen-bond acceptors (Lipinski definition) is 5. The lowest BCUT2D eigenvalue weighted by atomic mass is 10.1. The molecule has 6 nitrogen and oxygen atoms in total. The van der Waals surface area contributed by atoms with Gasteiger partial charge in [0.15, 0.2) is 17.2 Å². The molecule has 0 N–H and O–H groups in total. The number of nitrogens with zero attached hydrogens (tertiary/aromatic N) is 3. The van der Waals surface area contributed by atoms with E-state index in [0.29, 0.717) is 15.8 Å². The van der Waals surface area contributed by atoms with E-state index in [-0.39, 0.29) is 24.9 Å². The van der Waals surface area contributed by atoms with Crippen LogP contribution >= 0.6 is 0 Å². The first-order valence-corrected chi connectivity index (χ1v) is 7.01. The average molecular weight is 290 g/mol. The molecule has 0 aromatic heterocycles. The Bertz CT molecular complexity index is 610. The maximum atomic E-state index is 12.0. The van der Waals surface area contributed by atoms with Crippen molar-refractivity contribution in [1.29, 1.82) is 0 Å². The van der Waals surface area contributed by atoms with Gasteiger partial charge >= 0.3 is 5.97 Å². The van der Waals surface area contributed by atoms with Crippen molar-refractivity contribution in [2.45, 2.75) is 33.2 Å². The Labute approximate surface area is 124 Å². The van der Waals surface area contributed by atoms with E-state index in [1.807, 2.05) is 13.1 Å². The Morgan fingerprint density at radius 3 is 2.67 bits per heavy atom. The number of fused-ring (bicyclic) bond motifs is 1. The fraction of sp³-hybridized carbons (Fsp3) is 0.467. The molecule has 0 fully saturated rings. The van der Waals surface area contributed by atoms with E-state index in [4.69, 9.17) is 4.74 Å². The molecule has 0 saturated heterocycles. The number of quaternary nitrogens is 1. The van der Waals surface area contributed by atoms with Crippen LogP contribution < -0.4 is 4.59 Å². The van der Waals surface area contributed by atoms with Gasteiger partial charge in [-0.3, -0.25) is 9.59 Å². The zero-order chi connectivity index (χ0) is 15.6. The number of rotatable bonds is 5.